The number of fused-ring (bicyclic) bond motifs is 6. The Morgan fingerprint density at radius 3 is 1.55 bits per heavy atom. The predicted octanol–water partition coefficient (Wildman–Crippen LogP) is 11.2. The van der Waals surface area contributed by atoms with Crippen molar-refractivity contribution < 1.29 is 1.37 Å². The molecule has 0 spiro atoms. The van der Waals surface area contributed by atoms with Gasteiger partial charge in [0.25, 0.3) is 0 Å². The average molecular weight is 562 g/mol. The number of aromatic nitrogens is 2. The van der Waals surface area contributed by atoms with Crippen LogP contribution < -0.4 is 0 Å². The first kappa shape index (κ1) is 23.7. The third kappa shape index (κ3) is 3.75. The van der Waals surface area contributed by atoms with Gasteiger partial charge in [0.15, 0.2) is 0 Å². The van der Waals surface area contributed by atoms with Gasteiger partial charge in [-0.25, -0.2) is 0 Å². The summed E-state index contributed by atoms with van der Waals surface area (Å²) in [6.45, 7) is 0. The Morgan fingerprint density at radius 1 is 0.364 bits per heavy atom. The summed E-state index contributed by atoms with van der Waals surface area (Å²) in [5.74, 6) is 0. The lowest BCUT2D eigenvalue weighted by Crippen LogP contribution is -1.99. The number of nitrogens with zero attached hydrogens (tertiary/aromatic N) is 2. The second-order valence-electron chi connectivity index (χ2n) is 11.3. The van der Waals surface area contributed by atoms with Gasteiger partial charge in [0, 0.05) is 32.8 Å². The lowest BCUT2D eigenvalue weighted by molar-refractivity contribution is 1.17. The topological polar surface area (TPSA) is 9.86 Å². The van der Waals surface area contributed by atoms with Gasteiger partial charge in [-0.3, -0.25) is 0 Å². The standard InChI is InChI=1S/C42H28N2/c1-4-14-29(15-5-1)31-24-25-33(30-16-6-2-7-17-30)40(26-31)44-39-23-13-11-21-35(39)37-27-36-34-20-10-12-22-38(34)43(41(36)28-42(37)44)32-18-8-3-9-19-32/h1-28H/i27D. The molecule has 0 amide bonds. The minimum absolute atomic E-state index is 0.559. The van der Waals surface area contributed by atoms with Crippen LogP contribution in [0, 0.1) is 0 Å². The molecule has 0 aliphatic heterocycles. The maximum absolute atomic E-state index is 9.82. The number of hydrogen-bond acceptors (Lipinski definition) is 0. The highest BCUT2D eigenvalue weighted by Crippen LogP contribution is 2.42. The Labute approximate surface area is 257 Å². The minimum atomic E-state index is 0.559. The molecule has 0 saturated heterocycles. The molecule has 2 nitrogen and oxygen atoms in total. The van der Waals surface area contributed by atoms with Crippen molar-refractivity contribution in [1.82, 2.24) is 9.13 Å². The molecule has 0 radical (unpaired) electrons. The van der Waals surface area contributed by atoms with Crippen molar-refractivity contribution in [2.45, 2.75) is 0 Å². The molecule has 0 bridgehead atoms. The number of benzene rings is 7. The highest BCUT2D eigenvalue weighted by Gasteiger charge is 2.20. The molecule has 0 N–H and O–H groups in total. The lowest BCUT2D eigenvalue weighted by Gasteiger charge is -2.16. The molecule has 7 aromatic carbocycles. The largest absolute Gasteiger partial charge is 0.309 e. The Kier molecular flexibility index (Phi) is 5.31. The van der Waals surface area contributed by atoms with Crippen LogP contribution in [-0.4, -0.2) is 9.13 Å². The molecule has 0 fully saturated rings. The normalized spacial score (nSPS) is 12.0. The number of para-hydroxylation sites is 3. The molecular formula is C42H28N2. The molecule has 2 aromatic heterocycles. The smallest absolute Gasteiger partial charge is 0.0637 e. The van der Waals surface area contributed by atoms with Gasteiger partial charge in [-0.1, -0.05) is 127 Å². The summed E-state index contributed by atoms with van der Waals surface area (Å²) < 4.78 is 14.5. The van der Waals surface area contributed by atoms with Crippen LogP contribution in [0.1, 0.15) is 1.37 Å². The van der Waals surface area contributed by atoms with Crippen molar-refractivity contribution in [2.24, 2.45) is 0 Å². The van der Waals surface area contributed by atoms with E-state index in [1.54, 1.807) is 0 Å². The summed E-state index contributed by atoms with van der Waals surface area (Å²) in [4.78, 5) is 0. The highest BCUT2D eigenvalue weighted by molar-refractivity contribution is 6.19. The molecule has 0 saturated carbocycles. The predicted molar refractivity (Wildman–Crippen MR) is 186 cm³/mol. The van der Waals surface area contributed by atoms with Crippen molar-refractivity contribution in [3.05, 3.63) is 170 Å². The van der Waals surface area contributed by atoms with E-state index in [-0.39, 0.29) is 0 Å². The van der Waals surface area contributed by atoms with E-state index in [0.29, 0.717) is 6.04 Å². The summed E-state index contributed by atoms with van der Waals surface area (Å²) in [5, 5.41) is 4.13. The van der Waals surface area contributed by atoms with Gasteiger partial charge >= 0.3 is 0 Å². The summed E-state index contributed by atoms with van der Waals surface area (Å²) in [6, 6.07) is 58.3. The Balaban J connectivity index is 1.47. The zero-order valence-corrected chi connectivity index (χ0v) is 24.0. The van der Waals surface area contributed by atoms with Gasteiger partial charge in [-0.05, 0) is 59.1 Å². The van der Waals surface area contributed by atoms with E-state index in [9.17, 15) is 1.37 Å². The third-order valence-electron chi connectivity index (χ3n) is 8.79. The average Bonchev–Trinajstić information content (AvgIpc) is 3.62. The van der Waals surface area contributed by atoms with Crippen LogP contribution >= 0.6 is 0 Å². The fourth-order valence-corrected chi connectivity index (χ4v) is 6.81. The van der Waals surface area contributed by atoms with Crippen LogP contribution in [0.4, 0.5) is 0 Å². The zero-order valence-electron chi connectivity index (χ0n) is 25.0. The van der Waals surface area contributed by atoms with Gasteiger partial charge in [0.2, 0.25) is 0 Å². The van der Waals surface area contributed by atoms with Crippen LogP contribution in [0.5, 0.6) is 0 Å². The lowest BCUT2D eigenvalue weighted by atomic mass is 9.98. The maximum atomic E-state index is 9.82. The first-order valence-electron chi connectivity index (χ1n) is 15.5. The van der Waals surface area contributed by atoms with Gasteiger partial charge in [0.05, 0.1) is 29.1 Å². The molecule has 44 heavy (non-hydrogen) atoms. The quantitative estimate of drug-likeness (QED) is 0.202. The number of rotatable bonds is 4. The van der Waals surface area contributed by atoms with E-state index < -0.39 is 0 Å². The van der Waals surface area contributed by atoms with Crippen LogP contribution in [-0.2, 0) is 0 Å². The number of hydrogen-bond donors (Lipinski definition) is 0. The Bertz CT molecular complexity index is 2520. The highest BCUT2D eigenvalue weighted by atomic mass is 15.0. The monoisotopic (exact) mass is 561 g/mol. The first-order valence-corrected chi connectivity index (χ1v) is 15.0. The van der Waals surface area contributed by atoms with Crippen molar-refractivity contribution in [1.29, 1.82) is 0 Å². The fraction of sp³-hybridized carbons (Fsp3) is 0. The molecule has 206 valence electrons. The van der Waals surface area contributed by atoms with Crippen molar-refractivity contribution in [2.75, 3.05) is 0 Å². The van der Waals surface area contributed by atoms with Gasteiger partial charge < -0.3 is 9.13 Å². The first-order chi connectivity index (χ1) is 22.3. The van der Waals surface area contributed by atoms with Crippen LogP contribution in [0.15, 0.2) is 170 Å². The molecule has 0 unspecified atom stereocenters. The molecular weight excluding hydrogens is 532 g/mol. The molecule has 0 aliphatic rings. The molecule has 9 rings (SSSR count). The van der Waals surface area contributed by atoms with Gasteiger partial charge in [-0.2, -0.15) is 0 Å². The summed E-state index contributed by atoms with van der Waals surface area (Å²) >= 11 is 0. The molecule has 2 heterocycles. The minimum Gasteiger partial charge on any atom is -0.309 e. The molecule has 0 aliphatic carbocycles. The SMILES string of the molecule is [2H]c1c2c3ccccc3n(-c3ccccc3)c2cc2c1c1ccccc1n2-c1cc(-c2ccccc2)ccc1-c1ccccc1. The van der Waals surface area contributed by atoms with E-state index in [1.807, 2.05) is 6.07 Å². The summed E-state index contributed by atoms with van der Waals surface area (Å²) in [7, 11) is 0. The van der Waals surface area contributed by atoms with E-state index in [2.05, 4.69) is 167 Å². The second-order valence-corrected chi connectivity index (χ2v) is 11.3. The third-order valence-corrected chi connectivity index (χ3v) is 8.79. The molecule has 2 heteroatoms. The Morgan fingerprint density at radius 2 is 0.886 bits per heavy atom. The van der Waals surface area contributed by atoms with Gasteiger partial charge in [0.1, 0.15) is 0 Å². The van der Waals surface area contributed by atoms with Crippen LogP contribution in [0.3, 0.4) is 0 Å². The zero-order chi connectivity index (χ0) is 29.9. The molecule has 9 aromatic rings. The van der Waals surface area contributed by atoms with Gasteiger partial charge in [-0.15, -0.1) is 0 Å². The Hall–Kier alpha value is -5.86. The van der Waals surface area contributed by atoms with Crippen molar-refractivity contribution >= 4 is 43.6 Å². The second kappa shape index (κ2) is 9.86. The van der Waals surface area contributed by atoms with E-state index in [0.717, 1.165) is 71.7 Å². The van der Waals surface area contributed by atoms with E-state index >= 15 is 0 Å². The van der Waals surface area contributed by atoms with Crippen LogP contribution in [0.25, 0.3) is 77.2 Å². The van der Waals surface area contributed by atoms with Crippen molar-refractivity contribution in [3.63, 3.8) is 0 Å². The van der Waals surface area contributed by atoms with Crippen molar-refractivity contribution in [3.8, 4) is 33.6 Å². The maximum Gasteiger partial charge on any atom is 0.0637 e. The van der Waals surface area contributed by atoms with E-state index in [1.165, 1.54) is 5.56 Å². The van der Waals surface area contributed by atoms with E-state index in [4.69, 9.17) is 0 Å². The molecule has 0 atom stereocenters. The van der Waals surface area contributed by atoms with Crippen LogP contribution in [0.2, 0.25) is 0 Å². The summed E-state index contributed by atoms with van der Waals surface area (Å²) in [5.41, 5.74) is 11.1. The summed E-state index contributed by atoms with van der Waals surface area (Å²) in [6.07, 6.45) is 0. The fourth-order valence-electron chi connectivity index (χ4n) is 6.81.